The first-order valence-electron chi connectivity index (χ1n) is 42.0. The molecule has 6 atom stereocenters. The predicted octanol–water partition coefficient (Wildman–Crippen LogP) is 4.50. The smallest absolute Gasteiger partial charge is 0.272 e. The van der Waals surface area contributed by atoms with Crippen molar-refractivity contribution in [1.29, 1.82) is 0 Å². The summed E-state index contributed by atoms with van der Waals surface area (Å²) >= 11 is 1.58. The number of nitrogens with one attached hydrogen (secondary N) is 10. The van der Waals surface area contributed by atoms with Crippen molar-refractivity contribution >= 4 is 112 Å². The molecular weight excluding hydrogens is 1720 g/mol. The van der Waals surface area contributed by atoms with E-state index in [-0.39, 0.29) is 72.1 Å². The molecule has 0 saturated carbocycles. The molecule has 6 unspecified atom stereocenters. The van der Waals surface area contributed by atoms with Crippen molar-refractivity contribution in [2.75, 3.05) is 39.6 Å². The Hall–Kier alpha value is -16.0. The van der Waals surface area contributed by atoms with Crippen LogP contribution in [0, 0.1) is 0 Å². The number of epoxide rings is 6. The number of furan rings is 1. The van der Waals surface area contributed by atoms with Crippen molar-refractivity contribution in [2.24, 2.45) is 0 Å². The van der Waals surface area contributed by atoms with Crippen LogP contribution < -0.4 is 31.9 Å². The molecule has 24 rings (SSSR count). The van der Waals surface area contributed by atoms with Crippen LogP contribution in [0.15, 0.2) is 194 Å². The van der Waals surface area contributed by atoms with E-state index in [4.69, 9.17) is 32.8 Å². The summed E-state index contributed by atoms with van der Waals surface area (Å²) in [6, 6.07) is 34.1. The van der Waals surface area contributed by atoms with Crippen LogP contribution in [0.2, 0.25) is 0 Å². The molecule has 132 heavy (non-hydrogen) atoms. The summed E-state index contributed by atoms with van der Waals surface area (Å²) in [6.07, 6.45) is 21.9. The fraction of sp³-hybridized carbons (Fsp3) is 0.282. The normalized spacial score (nSPS) is 16.8. The Morgan fingerprint density at radius 3 is 1.28 bits per heavy atom. The summed E-state index contributed by atoms with van der Waals surface area (Å²) < 4.78 is 47.7. The van der Waals surface area contributed by atoms with Crippen LogP contribution in [0.4, 0.5) is 0 Å². The summed E-state index contributed by atoms with van der Waals surface area (Å²) in [4.78, 5) is 91.6. The van der Waals surface area contributed by atoms with Crippen molar-refractivity contribution in [3.8, 4) is 0 Å². The fourth-order valence-corrected chi connectivity index (χ4v) is 14.6. The number of fused-ring (bicyclic) bond motifs is 6. The van der Waals surface area contributed by atoms with Crippen LogP contribution in [0.25, 0.3) is 64.9 Å². The van der Waals surface area contributed by atoms with Crippen molar-refractivity contribution in [2.45, 2.75) is 115 Å². The molecule has 0 aliphatic carbocycles. The number of pyridine rings is 1. The minimum atomic E-state index is -0.254. The highest BCUT2D eigenvalue weighted by Gasteiger charge is 2.30. The largest absolute Gasteiger partial charge is 0.463 e. The van der Waals surface area contributed by atoms with Crippen molar-refractivity contribution in [3.63, 3.8) is 0 Å². The lowest BCUT2D eigenvalue weighted by Gasteiger charge is -2.01. The molecule has 18 aromatic rings. The number of carbonyl (C=O) groups is 6. The van der Waals surface area contributed by atoms with Gasteiger partial charge in [0.2, 0.25) is 0 Å². The van der Waals surface area contributed by atoms with Gasteiger partial charge in [-0.2, -0.15) is 10.2 Å². The van der Waals surface area contributed by atoms with Crippen LogP contribution in [0.1, 0.15) is 96.6 Å². The summed E-state index contributed by atoms with van der Waals surface area (Å²) in [5.74, 6) is -1.10. The molecule has 14 aromatic heterocycles. The topological polar surface area (TPSA) is 575 Å². The minimum absolute atomic E-state index is 0.0856. The van der Waals surface area contributed by atoms with Crippen molar-refractivity contribution in [1.82, 2.24) is 167 Å². The average molecular weight is 1810 g/mol. The third-order valence-corrected chi connectivity index (χ3v) is 21.9. The third-order valence-electron chi connectivity index (χ3n) is 21.0. The number of hydrogen-bond donors (Lipinski definition) is 10. The van der Waals surface area contributed by atoms with Crippen LogP contribution in [0.5, 0.6) is 0 Å². The molecule has 6 aliphatic heterocycles. The summed E-state index contributed by atoms with van der Waals surface area (Å²) in [5.41, 5.74) is 11.1. The number of H-pyrrole nitrogens is 4. The zero-order valence-electron chi connectivity index (χ0n) is 70.1. The van der Waals surface area contributed by atoms with Gasteiger partial charge in [0.05, 0.1) is 189 Å². The Bertz CT molecular complexity index is 6000. The number of benzene rings is 4. The maximum absolute atomic E-state index is 12.3. The van der Waals surface area contributed by atoms with Crippen molar-refractivity contribution < 1.29 is 61.6 Å². The monoisotopic (exact) mass is 1810 g/mol. The molecule has 10 N–H and O–H groups in total. The van der Waals surface area contributed by atoms with Crippen molar-refractivity contribution in [3.05, 3.63) is 257 Å². The Balaban J connectivity index is 0.000000102. The Morgan fingerprint density at radius 1 is 0.379 bits per heavy atom. The van der Waals surface area contributed by atoms with E-state index in [9.17, 15) is 28.8 Å². The number of amides is 6. The summed E-state index contributed by atoms with van der Waals surface area (Å²) in [6.45, 7) is 10.8. The maximum Gasteiger partial charge on any atom is 0.272 e. The van der Waals surface area contributed by atoms with Crippen LogP contribution in [0.3, 0.4) is 0 Å². The van der Waals surface area contributed by atoms with Crippen LogP contribution in [-0.2, 0) is 107 Å². The number of rotatable bonds is 30. The van der Waals surface area contributed by atoms with Gasteiger partial charge >= 0.3 is 0 Å². The van der Waals surface area contributed by atoms with E-state index in [2.05, 4.69) is 139 Å². The fourth-order valence-electron chi connectivity index (χ4n) is 13.7. The number of thiophene rings is 1. The van der Waals surface area contributed by atoms with E-state index in [0.29, 0.717) is 156 Å². The molecule has 6 fully saturated rings. The highest BCUT2D eigenvalue weighted by molar-refractivity contribution is 7.17. The first kappa shape index (κ1) is 85.5. The molecule has 6 amide bonds. The number of para-hydroxylation sites is 3. The van der Waals surface area contributed by atoms with Gasteiger partial charge < -0.3 is 74.7 Å². The lowest BCUT2D eigenvalue weighted by molar-refractivity contribution is 0.0939. The molecule has 0 radical (unpaired) electrons. The molecule has 6 saturated heterocycles. The molecule has 4 aromatic carbocycles. The molecule has 6 aliphatic rings. The highest BCUT2D eigenvalue weighted by Crippen LogP contribution is 2.28. The number of nitrogens with zero attached hydrogens (tertiary/aromatic N) is 23. The molecule has 672 valence electrons. The van der Waals surface area contributed by atoms with Gasteiger partial charge in [-0.1, -0.05) is 104 Å². The molecular formula is C85H83N33O13S. The zero-order chi connectivity index (χ0) is 89.6. The van der Waals surface area contributed by atoms with Gasteiger partial charge in [0.1, 0.15) is 100 Å². The second kappa shape index (κ2) is 39.7. The van der Waals surface area contributed by atoms with Gasteiger partial charge in [0.25, 0.3) is 35.4 Å². The maximum atomic E-state index is 12.3. The summed E-state index contributed by atoms with van der Waals surface area (Å²) in [5, 5.41) is 85.6. The highest BCUT2D eigenvalue weighted by atomic mass is 32.1. The average Bonchev–Trinajstić information content (AvgIpc) is 1.68. The quantitative estimate of drug-likeness (QED) is 0.0277. The molecule has 0 bridgehead atoms. The lowest BCUT2D eigenvalue weighted by Crippen LogP contribution is -2.23. The van der Waals surface area contributed by atoms with Crippen LogP contribution >= 0.6 is 11.3 Å². The zero-order valence-corrected chi connectivity index (χ0v) is 70.9. The lowest BCUT2D eigenvalue weighted by atomic mass is 10.1. The number of carbonyl (C=O) groups excluding carboxylic acids is 6. The third kappa shape index (κ3) is 22.6. The van der Waals surface area contributed by atoms with E-state index < -0.39 is 0 Å². The number of aromatic nitrogens is 27. The van der Waals surface area contributed by atoms with Crippen LogP contribution in [-0.4, -0.2) is 247 Å². The number of ether oxygens (including phenoxy) is 6. The number of aromatic amines is 4. The second-order valence-electron chi connectivity index (χ2n) is 31.0. The van der Waals surface area contributed by atoms with Gasteiger partial charge in [0, 0.05) is 67.3 Å². The van der Waals surface area contributed by atoms with E-state index in [0.717, 1.165) is 94.9 Å². The SMILES string of the molecule is O=C(NCc1cn(CC2CO2)nn1)c1[nH]nc2ncccc12.O=C(NCc1cn(CC2CO2)nn1)c1c[nH]c2ccccc12.O=C(NCc1cn(CC2CO2)nn1)c1c[nH]c2ncncc12.O=C(NCc1cn(CC2CO2)nn1)c1coc2ccccc12.O=C(NCc1cn(CC2CO2)nn1)c1csc2ccccc12.O=C(NCc1cn(CC2CO2)nn1)c1n[nH]c2ccccc12. The van der Waals surface area contributed by atoms with Gasteiger partial charge in [-0.3, -0.25) is 39.0 Å². The molecule has 20 heterocycles. The van der Waals surface area contributed by atoms with E-state index in [1.807, 2.05) is 127 Å². The standard InChI is InChI=1S/C15H15N5O2.C15H14N4O3.C15H14N4O2S.C14H14N6O2.2C13H13N7O2/c21-15(13-6-16-14-4-2-1-3-12(13)14)17-5-10-7-20(19-18-10)8-11-9-22-11;2*20-15(13-9-22-14-4-2-1-3-12(13)14)16-5-10-6-19(18-17-10)7-11-8-21-11;21-14(13-11-3-1-2-4-12(11)17-18-13)15-5-9-6-20(19-16-9)7-10-8-22-10;21-13(11-3-15-12-10(11)2-14-7-17-12)16-1-8-4-20(19-18-8)5-9-6-22-9;21-13(11-10-2-1-3-14-12(10)18-17-11)15-4-8-5-20(19-16-8)6-9-7-22-9/h1-4,6-7,11,16H,5,8-9H2,(H,17,21);2*1-4,6,9,11H,5,7-8H2,(H,16,20);1-4,6,10H,5,7-8H2,(H,15,21)(H,17,18);2-4,7,9H,1,5-6H2,(H,16,21)(H,14,15,17);1-3,5,9H,4,6-7H2,(H,15,21)(H,14,17,18). The van der Waals surface area contributed by atoms with Gasteiger partial charge in [-0.15, -0.1) is 41.9 Å². The number of hydrogen-bond acceptors (Lipinski definition) is 31. The molecule has 0 spiro atoms. The second-order valence-corrected chi connectivity index (χ2v) is 31.9. The first-order chi connectivity index (χ1) is 64.8. The summed E-state index contributed by atoms with van der Waals surface area (Å²) in [7, 11) is 0. The molecule has 47 heteroatoms. The van der Waals surface area contributed by atoms with E-state index >= 15 is 0 Å². The first-order valence-corrected chi connectivity index (χ1v) is 42.9. The Morgan fingerprint density at radius 2 is 0.780 bits per heavy atom. The Kier molecular flexibility index (Phi) is 25.7. The van der Waals surface area contributed by atoms with E-state index in [1.165, 1.54) is 12.6 Å². The van der Waals surface area contributed by atoms with Gasteiger partial charge in [0.15, 0.2) is 11.3 Å². The molecule has 46 nitrogen and oxygen atoms in total. The van der Waals surface area contributed by atoms with Gasteiger partial charge in [-0.25, -0.2) is 43.0 Å². The predicted molar refractivity (Wildman–Crippen MR) is 466 cm³/mol. The minimum Gasteiger partial charge on any atom is -0.463 e. The van der Waals surface area contributed by atoms with E-state index in [1.54, 1.807) is 88.7 Å². The Labute approximate surface area is 748 Å². The van der Waals surface area contributed by atoms with Gasteiger partial charge in [-0.05, 0) is 36.4 Å².